The molecule has 1 N–H and O–H groups in total. The maximum atomic E-state index is 11.9. The molecule has 0 radical (unpaired) electrons. The summed E-state index contributed by atoms with van der Waals surface area (Å²) < 4.78 is 4.67. The molecule has 1 aromatic heterocycles. The van der Waals surface area contributed by atoms with E-state index < -0.39 is 5.97 Å². The molecular weight excluding hydrogens is 306 g/mol. The van der Waals surface area contributed by atoms with Gasteiger partial charge in [0.1, 0.15) is 4.88 Å². The lowest BCUT2D eigenvalue weighted by molar-refractivity contribution is -0.115. The van der Waals surface area contributed by atoms with E-state index in [0.717, 1.165) is 4.90 Å². The van der Waals surface area contributed by atoms with Gasteiger partial charge in [-0.2, -0.15) is 0 Å². The van der Waals surface area contributed by atoms with Crippen LogP contribution in [0.5, 0.6) is 0 Å². The maximum absolute atomic E-state index is 11.9. The van der Waals surface area contributed by atoms with Crippen LogP contribution in [0.15, 0.2) is 46.7 Å². The van der Waals surface area contributed by atoms with E-state index in [-0.39, 0.29) is 5.91 Å². The Labute approximate surface area is 131 Å². The van der Waals surface area contributed by atoms with Gasteiger partial charge in [0.05, 0.1) is 12.8 Å². The summed E-state index contributed by atoms with van der Waals surface area (Å²) >= 11 is 2.88. The Kier molecular flexibility index (Phi) is 5.83. The number of rotatable bonds is 6. The Hall–Kier alpha value is -1.79. The third-order valence-electron chi connectivity index (χ3n) is 2.65. The highest BCUT2D eigenvalue weighted by atomic mass is 32.2. The lowest BCUT2D eigenvalue weighted by atomic mass is 10.3. The zero-order valence-electron chi connectivity index (χ0n) is 11.5. The van der Waals surface area contributed by atoms with Gasteiger partial charge in [0, 0.05) is 17.1 Å². The van der Waals surface area contributed by atoms with E-state index in [1.165, 1.54) is 18.4 Å². The van der Waals surface area contributed by atoms with Gasteiger partial charge in [-0.05, 0) is 23.6 Å². The van der Waals surface area contributed by atoms with Gasteiger partial charge in [-0.3, -0.25) is 4.79 Å². The number of hydrogen-bond donors (Lipinski definition) is 1. The SMILES string of the molecule is COC(=O)c1sccc1NC(=O)CCSc1ccccc1. The summed E-state index contributed by atoms with van der Waals surface area (Å²) in [5.74, 6) is 0.147. The van der Waals surface area contributed by atoms with Crippen molar-refractivity contribution in [2.45, 2.75) is 11.3 Å². The number of amides is 1. The third-order valence-corrected chi connectivity index (χ3v) is 4.56. The first-order valence-corrected chi connectivity index (χ1v) is 8.20. The van der Waals surface area contributed by atoms with E-state index in [1.54, 1.807) is 23.2 Å². The van der Waals surface area contributed by atoms with Gasteiger partial charge in [-0.1, -0.05) is 18.2 Å². The van der Waals surface area contributed by atoms with Crippen LogP contribution in [0.4, 0.5) is 5.69 Å². The van der Waals surface area contributed by atoms with Crippen molar-refractivity contribution >= 4 is 40.7 Å². The van der Waals surface area contributed by atoms with Crippen molar-refractivity contribution in [2.75, 3.05) is 18.2 Å². The highest BCUT2D eigenvalue weighted by molar-refractivity contribution is 7.99. The molecule has 0 bridgehead atoms. The van der Waals surface area contributed by atoms with Crippen LogP contribution in [0.2, 0.25) is 0 Å². The second-order valence-electron chi connectivity index (χ2n) is 4.11. The van der Waals surface area contributed by atoms with E-state index in [9.17, 15) is 9.59 Å². The topological polar surface area (TPSA) is 55.4 Å². The lowest BCUT2D eigenvalue weighted by Crippen LogP contribution is -2.14. The zero-order valence-corrected chi connectivity index (χ0v) is 13.1. The number of nitrogens with one attached hydrogen (secondary N) is 1. The third kappa shape index (κ3) is 4.61. The lowest BCUT2D eigenvalue weighted by Gasteiger charge is -2.05. The van der Waals surface area contributed by atoms with E-state index in [1.807, 2.05) is 30.3 Å². The molecule has 6 heteroatoms. The summed E-state index contributed by atoms with van der Waals surface area (Å²) in [5, 5.41) is 4.50. The van der Waals surface area contributed by atoms with Crippen LogP contribution in [0, 0.1) is 0 Å². The fourth-order valence-electron chi connectivity index (χ4n) is 1.65. The van der Waals surface area contributed by atoms with Crippen molar-refractivity contribution in [1.29, 1.82) is 0 Å². The molecule has 0 saturated heterocycles. The molecule has 0 atom stereocenters. The molecule has 0 aliphatic heterocycles. The molecule has 2 aromatic rings. The van der Waals surface area contributed by atoms with Crippen LogP contribution < -0.4 is 5.32 Å². The van der Waals surface area contributed by atoms with Crippen LogP contribution in [-0.2, 0) is 9.53 Å². The standard InChI is InChI=1S/C15H15NO3S2/c1-19-15(18)14-12(7-9-21-14)16-13(17)8-10-20-11-5-3-2-4-6-11/h2-7,9H,8,10H2,1H3,(H,16,17). The highest BCUT2D eigenvalue weighted by Crippen LogP contribution is 2.24. The van der Waals surface area contributed by atoms with Crippen molar-refractivity contribution in [3.63, 3.8) is 0 Å². The van der Waals surface area contributed by atoms with Gasteiger partial charge in [0.2, 0.25) is 5.91 Å². The molecule has 1 heterocycles. The fraction of sp³-hybridized carbons (Fsp3) is 0.200. The zero-order chi connectivity index (χ0) is 15.1. The predicted molar refractivity (Wildman–Crippen MR) is 86.1 cm³/mol. The number of ether oxygens (including phenoxy) is 1. The van der Waals surface area contributed by atoms with Crippen LogP contribution in [0.1, 0.15) is 16.1 Å². The first kappa shape index (κ1) is 15.6. The maximum Gasteiger partial charge on any atom is 0.350 e. The Morgan fingerprint density at radius 3 is 2.71 bits per heavy atom. The Bertz CT molecular complexity index is 610. The minimum Gasteiger partial charge on any atom is -0.465 e. The largest absolute Gasteiger partial charge is 0.465 e. The van der Waals surface area contributed by atoms with Crippen LogP contribution in [0.3, 0.4) is 0 Å². The number of hydrogen-bond acceptors (Lipinski definition) is 5. The molecule has 0 fully saturated rings. The van der Waals surface area contributed by atoms with E-state index >= 15 is 0 Å². The fourth-order valence-corrected chi connectivity index (χ4v) is 3.29. The van der Waals surface area contributed by atoms with Gasteiger partial charge in [-0.15, -0.1) is 23.1 Å². The Balaban J connectivity index is 1.82. The summed E-state index contributed by atoms with van der Waals surface area (Å²) in [6.07, 6.45) is 0.385. The second-order valence-corrected chi connectivity index (χ2v) is 6.20. The number of esters is 1. The summed E-state index contributed by atoms with van der Waals surface area (Å²) in [7, 11) is 1.32. The second kappa shape index (κ2) is 7.85. The van der Waals surface area contributed by atoms with Crippen molar-refractivity contribution in [3.8, 4) is 0 Å². The number of carbonyl (C=O) groups is 2. The summed E-state index contributed by atoms with van der Waals surface area (Å²) in [6, 6.07) is 11.6. The van der Waals surface area contributed by atoms with Gasteiger partial charge in [0.25, 0.3) is 0 Å². The summed E-state index contributed by atoms with van der Waals surface area (Å²) in [4.78, 5) is 25.0. The number of benzene rings is 1. The minimum atomic E-state index is -0.432. The summed E-state index contributed by atoms with van der Waals surface area (Å²) in [5.41, 5.74) is 0.515. The normalized spacial score (nSPS) is 10.1. The molecule has 0 aliphatic rings. The van der Waals surface area contributed by atoms with Crippen molar-refractivity contribution < 1.29 is 14.3 Å². The van der Waals surface area contributed by atoms with Gasteiger partial charge in [-0.25, -0.2) is 4.79 Å². The molecule has 0 aliphatic carbocycles. The van der Waals surface area contributed by atoms with Crippen molar-refractivity contribution in [3.05, 3.63) is 46.7 Å². The van der Waals surface area contributed by atoms with E-state index in [4.69, 9.17) is 0 Å². The molecule has 1 aromatic carbocycles. The van der Waals surface area contributed by atoms with Crippen LogP contribution in [0.25, 0.3) is 0 Å². The number of anilines is 1. The quantitative estimate of drug-likeness (QED) is 0.652. The molecule has 1 amide bonds. The molecular formula is C15H15NO3S2. The van der Waals surface area contributed by atoms with Crippen molar-refractivity contribution in [1.82, 2.24) is 0 Å². The molecule has 0 saturated carbocycles. The smallest absolute Gasteiger partial charge is 0.350 e. The number of thioether (sulfide) groups is 1. The number of carbonyl (C=O) groups excluding carboxylic acids is 2. The van der Waals surface area contributed by atoms with E-state index in [2.05, 4.69) is 10.1 Å². The minimum absolute atomic E-state index is 0.109. The predicted octanol–water partition coefficient (Wildman–Crippen LogP) is 3.66. The van der Waals surface area contributed by atoms with Crippen LogP contribution >= 0.6 is 23.1 Å². The molecule has 110 valence electrons. The monoisotopic (exact) mass is 321 g/mol. The Morgan fingerprint density at radius 2 is 2.00 bits per heavy atom. The average molecular weight is 321 g/mol. The molecule has 2 rings (SSSR count). The molecule has 0 unspecified atom stereocenters. The molecule has 0 spiro atoms. The van der Waals surface area contributed by atoms with Gasteiger partial charge >= 0.3 is 5.97 Å². The van der Waals surface area contributed by atoms with Crippen LogP contribution in [-0.4, -0.2) is 24.7 Å². The van der Waals surface area contributed by atoms with E-state index in [0.29, 0.717) is 22.7 Å². The van der Waals surface area contributed by atoms with Crippen molar-refractivity contribution in [2.24, 2.45) is 0 Å². The Morgan fingerprint density at radius 1 is 1.24 bits per heavy atom. The number of thiophene rings is 1. The highest BCUT2D eigenvalue weighted by Gasteiger charge is 2.15. The molecule has 21 heavy (non-hydrogen) atoms. The first-order valence-electron chi connectivity index (χ1n) is 6.34. The number of methoxy groups -OCH3 is 1. The summed E-state index contributed by atoms with van der Waals surface area (Å²) in [6.45, 7) is 0. The van der Waals surface area contributed by atoms with Gasteiger partial charge < -0.3 is 10.1 Å². The molecule has 4 nitrogen and oxygen atoms in total. The first-order chi connectivity index (χ1) is 10.2. The van der Waals surface area contributed by atoms with Gasteiger partial charge in [0.15, 0.2) is 0 Å². The average Bonchev–Trinajstić information content (AvgIpc) is 2.95.